The summed E-state index contributed by atoms with van der Waals surface area (Å²) in [5, 5.41) is 0.764. The Hall–Kier alpha value is -3.01. The van der Waals surface area contributed by atoms with Gasteiger partial charge in [-0.3, -0.25) is 4.79 Å². The molecule has 22 heavy (non-hydrogen) atoms. The third kappa shape index (κ3) is 2.46. The van der Waals surface area contributed by atoms with Crippen LogP contribution < -0.4 is 10.5 Å². The summed E-state index contributed by atoms with van der Waals surface area (Å²) in [5.74, 6) is 0.287. The zero-order valence-electron chi connectivity index (χ0n) is 12.1. The summed E-state index contributed by atoms with van der Waals surface area (Å²) in [6, 6.07) is 14.6. The molecule has 0 aliphatic heterocycles. The van der Waals surface area contributed by atoms with E-state index in [2.05, 4.69) is 0 Å². The van der Waals surface area contributed by atoms with Crippen molar-refractivity contribution in [3.8, 4) is 5.75 Å². The monoisotopic (exact) mass is 293 g/mol. The van der Waals surface area contributed by atoms with Gasteiger partial charge in [0.2, 0.25) is 0 Å². The molecule has 0 spiro atoms. The molecular weight excluding hydrogens is 278 g/mol. The highest BCUT2D eigenvalue weighted by atomic mass is 16.5. The number of ether oxygens (including phenoxy) is 1. The van der Waals surface area contributed by atoms with Crippen LogP contribution in [-0.4, -0.2) is 12.9 Å². The molecule has 4 nitrogen and oxygen atoms in total. The van der Waals surface area contributed by atoms with E-state index < -0.39 is 0 Å². The molecule has 0 amide bonds. The molecule has 110 valence electrons. The summed E-state index contributed by atoms with van der Waals surface area (Å²) in [4.78, 5) is 12.5. The van der Waals surface area contributed by atoms with E-state index >= 15 is 0 Å². The maximum atomic E-state index is 12.5. The molecule has 4 heteroatoms. The topological polar surface area (TPSA) is 65.5 Å². The SMILES string of the molecule is COc1c(C(=O)/C=C(\N)c2ccccc2)ccc2occc12. The van der Waals surface area contributed by atoms with Crippen molar-refractivity contribution in [2.24, 2.45) is 5.73 Å². The van der Waals surface area contributed by atoms with E-state index in [1.807, 2.05) is 30.3 Å². The van der Waals surface area contributed by atoms with Crippen LogP contribution in [0.1, 0.15) is 15.9 Å². The number of fused-ring (bicyclic) bond motifs is 1. The Labute approximate surface area is 127 Å². The fourth-order valence-corrected chi connectivity index (χ4v) is 2.36. The first-order chi connectivity index (χ1) is 10.7. The highest BCUT2D eigenvalue weighted by molar-refractivity contribution is 6.12. The Morgan fingerprint density at radius 3 is 2.64 bits per heavy atom. The Kier molecular flexibility index (Phi) is 3.66. The smallest absolute Gasteiger partial charge is 0.191 e. The fraction of sp³-hybridized carbons (Fsp3) is 0.0556. The van der Waals surface area contributed by atoms with Gasteiger partial charge in [-0.15, -0.1) is 0 Å². The maximum absolute atomic E-state index is 12.5. The first-order valence-corrected chi connectivity index (χ1v) is 6.82. The van der Waals surface area contributed by atoms with Crippen LogP contribution in [0, 0.1) is 0 Å². The zero-order valence-corrected chi connectivity index (χ0v) is 12.1. The summed E-state index contributed by atoms with van der Waals surface area (Å²) in [6.45, 7) is 0. The van der Waals surface area contributed by atoms with Crippen LogP contribution in [-0.2, 0) is 0 Å². The summed E-state index contributed by atoms with van der Waals surface area (Å²) in [5.41, 5.74) is 8.35. The highest BCUT2D eigenvalue weighted by Gasteiger charge is 2.15. The second-order valence-electron chi connectivity index (χ2n) is 4.81. The molecular formula is C18H15NO3. The van der Waals surface area contributed by atoms with Crippen molar-refractivity contribution < 1.29 is 13.9 Å². The van der Waals surface area contributed by atoms with Gasteiger partial charge in [0, 0.05) is 11.8 Å². The van der Waals surface area contributed by atoms with Gasteiger partial charge in [0.1, 0.15) is 11.3 Å². The molecule has 0 aliphatic rings. The summed E-state index contributed by atoms with van der Waals surface area (Å²) in [6.07, 6.45) is 2.98. The van der Waals surface area contributed by atoms with Crippen molar-refractivity contribution >= 4 is 22.4 Å². The summed E-state index contributed by atoms with van der Waals surface area (Å²) in [7, 11) is 1.53. The minimum atomic E-state index is -0.207. The van der Waals surface area contributed by atoms with Gasteiger partial charge in [-0.05, 0) is 23.8 Å². The number of hydrogen-bond donors (Lipinski definition) is 1. The van der Waals surface area contributed by atoms with Gasteiger partial charge >= 0.3 is 0 Å². The molecule has 0 aliphatic carbocycles. The van der Waals surface area contributed by atoms with E-state index in [1.165, 1.54) is 13.2 Å². The number of hydrogen-bond acceptors (Lipinski definition) is 4. The van der Waals surface area contributed by atoms with Crippen LogP contribution in [0.15, 0.2) is 65.3 Å². The molecule has 2 N–H and O–H groups in total. The second kappa shape index (κ2) is 5.77. The molecule has 0 saturated carbocycles. The second-order valence-corrected chi connectivity index (χ2v) is 4.81. The van der Waals surface area contributed by atoms with E-state index in [-0.39, 0.29) is 5.78 Å². The van der Waals surface area contributed by atoms with Gasteiger partial charge in [-0.2, -0.15) is 0 Å². The van der Waals surface area contributed by atoms with Crippen LogP contribution >= 0.6 is 0 Å². The van der Waals surface area contributed by atoms with Crippen molar-refractivity contribution in [3.63, 3.8) is 0 Å². The summed E-state index contributed by atoms with van der Waals surface area (Å²) < 4.78 is 10.7. The van der Waals surface area contributed by atoms with Crippen molar-refractivity contribution in [1.29, 1.82) is 0 Å². The van der Waals surface area contributed by atoms with Crippen molar-refractivity contribution in [2.45, 2.75) is 0 Å². The quantitative estimate of drug-likeness (QED) is 0.589. The highest BCUT2D eigenvalue weighted by Crippen LogP contribution is 2.31. The third-order valence-corrected chi connectivity index (χ3v) is 3.45. The predicted molar refractivity (Wildman–Crippen MR) is 85.7 cm³/mol. The van der Waals surface area contributed by atoms with E-state index in [1.54, 1.807) is 24.5 Å². The Bertz CT molecular complexity index is 847. The van der Waals surface area contributed by atoms with Crippen LogP contribution in [0.3, 0.4) is 0 Å². The minimum absolute atomic E-state index is 0.207. The van der Waals surface area contributed by atoms with Crippen molar-refractivity contribution in [1.82, 2.24) is 0 Å². The molecule has 0 saturated heterocycles. The molecule has 0 radical (unpaired) electrons. The van der Waals surface area contributed by atoms with Gasteiger partial charge in [0.05, 0.1) is 24.3 Å². The normalized spacial score (nSPS) is 11.6. The molecule has 3 rings (SSSR count). The standard InChI is InChI=1S/C18H15NO3/c1-21-18-13(7-8-17-14(18)9-10-22-17)16(20)11-15(19)12-5-3-2-4-6-12/h2-11H,19H2,1H3/b15-11-. The summed E-state index contributed by atoms with van der Waals surface area (Å²) >= 11 is 0. The number of benzene rings is 2. The zero-order chi connectivity index (χ0) is 15.5. The van der Waals surface area contributed by atoms with E-state index in [4.69, 9.17) is 14.9 Å². The van der Waals surface area contributed by atoms with Gasteiger partial charge < -0.3 is 14.9 Å². The lowest BCUT2D eigenvalue weighted by Gasteiger charge is -2.07. The molecule has 0 unspecified atom stereocenters. The number of ketones is 1. The van der Waals surface area contributed by atoms with Crippen LogP contribution in [0.4, 0.5) is 0 Å². The van der Waals surface area contributed by atoms with Crippen LogP contribution in [0.2, 0.25) is 0 Å². The number of furan rings is 1. The molecule has 1 heterocycles. The molecule has 2 aromatic carbocycles. The lowest BCUT2D eigenvalue weighted by Crippen LogP contribution is -2.04. The molecule has 0 bridgehead atoms. The Balaban J connectivity index is 2.02. The maximum Gasteiger partial charge on any atom is 0.191 e. The minimum Gasteiger partial charge on any atom is -0.495 e. The number of carbonyl (C=O) groups excluding carboxylic acids is 1. The number of nitrogens with two attached hydrogens (primary N) is 1. The first kappa shape index (κ1) is 13.9. The van der Waals surface area contributed by atoms with Gasteiger partial charge in [0.15, 0.2) is 5.78 Å². The van der Waals surface area contributed by atoms with Crippen LogP contribution in [0.5, 0.6) is 5.75 Å². The number of carbonyl (C=O) groups is 1. The van der Waals surface area contributed by atoms with Crippen molar-refractivity contribution in [3.05, 3.63) is 72.0 Å². The average Bonchev–Trinajstić information content (AvgIpc) is 3.03. The predicted octanol–water partition coefficient (Wildman–Crippen LogP) is 3.62. The van der Waals surface area contributed by atoms with E-state index in [0.717, 1.165) is 10.9 Å². The van der Waals surface area contributed by atoms with Crippen molar-refractivity contribution in [2.75, 3.05) is 7.11 Å². The van der Waals surface area contributed by atoms with Gasteiger partial charge in [-0.25, -0.2) is 0 Å². The molecule has 0 atom stereocenters. The molecule has 1 aromatic heterocycles. The van der Waals surface area contributed by atoms with Gasteiger partial charge in [0.25, 0.3) is 0 Å². The average molecular weight is 293 g/mol. The lowest BCUT2D eigenvalue weighted by molar-refractivity contribution is 0.104. The number of allylic oxidation sites excluding steroid dienone is 1. The first-order valence-electron chi connectivity index (χ1n) is 6.82. The van der Waals surface area contributed by atoms with E-state index in [0.29, 0.717) is 22.6 Å². The fourth-order valence-electron chi connectivity index (χ4n) is 2.36. The molecule has 3 aromatic rings. The molecule has 0 fully saturated rings. The third-order valence-electron chi connectivity index (χ3n) is 3.45. The number of methoxy groups -OCH3 is 1. The lowest BCUT2D eigenvalue weighted by atomic mass is 10.0. The van der Waals surface area contributed by atoms with E-state index in [9.17, 15) is 4.79 Å². The largest absolute Gasteiger partial charge is 0.495 e. The Morgan fingerprint density at radius 2 is 1.91 bits per heavy atom. The van der Waals surface area contributed by atoms with Gasteiger partial charge in [-0.1, -0.05) is 30.3 Å². The van der Waals surface area contributed by atoms with Crippen LogP contribution in [0.25, 0.3) is 16.7 Å². The Morgan fingerprint density at radius 1 is 1.14 bits per heavy atom. The number of rotatable bonds is 4.